The Hall–Kier alpha value is -3.37. The number of halogens is 2. The van der Waals surface area contributed by atoms with E-state index in [0.717, 1.165) is 11.4 Å². The van der Waals surface area contributed by atoms with Crippen LogP contribution in [0.15, 0.2) is 109 Å². The molecule has 4 aromatic carbocycles. The predicted molar refractivity (Wildman–Crippen MR) is 167 cm³/mol. The predicted octanol–water partition coefficient (Wildman–Crippen LogP) is 3.38. The van der Waals surface area contributed by atoms with Crippen LogP contribution in [-0.2, 0) is 22.9 Å². The van der Waals surface area contributed by atoms with Gasteiger partial charge in [-0.3, -0.25) is 0 Å². The number of hydrogen-bond donors (Lipinski definition) is 0. The smallest absolute Gasteiger partial charge is 1.00 e. The van der Waals surface area contributed by atoms with Gasteiger partial charge in [-0.25, -0.2) is 0 Å². The zero-order chi connectivity index (χ0) is 27.5. The van der Waals surface area contributed by atoms with E-state index in [4.69, 9.17) is 9.97 Å². The van der Waals surface area contributed by atoms with Crippen LogP contribution in [0.25, 0.3) is 44.8 Å². The summed E-state index contributed by atoms with van der Waals surface area (Å²) in [6.07, 6.45) is 8.94. The minimum Gasteiger partial charge on any atom is -1.00 e. The minimum absolute atomic E-state index is 0. The molecular formula is C38H28Cl2HfN2. The fourth-order valence-corrected chi connectivity index (χ4v) is 13.8. The van der Waals surface area contributed by atoms with Crippen LogP contribution in [0, 0.1) is 13.8 Å². The molecule has 5 heteroatoms. The third-order valence-corrected chi connectivity index (χ3v) is 15.5. The van der Waals surface area contributed by atoms with Crippen LogP contribution in [0.2, 0.25) is 0 Å². The van der Waals surface area contributed by atoms with Crippen LogP contribution >= 0.6 is 0 Å². The monoisotopic (exact) mass is 762 g/mol. The van der Waals surface area contributed by atoms with Crippen molar-refractivity contribution >= 4 is 44.8 Å². The van der Waals surface area contributed by atoms with E-state index in [-0.39, 0.29) is 24.8 Å². The van der Waals surface area contributed by atoms with Gasteiger partial charge in [-0.2, -0.15) is 0 Å². The Morgan fingerprint density at radius 2 is 0.953 bits per heavy atom. The zero-order valence-electron chi connectivity index (χ0n) is 23.9. The van der Waals surface area contributed by atoms with Gasteiger partial charge >= 0.3 is 253 Å². The summed E-state index contributed by atoms with van der Waals surface area (Å²) in [5, 5.41) is 5.29. The van der Waals surface area contributed by atoms with Gasteiger partial charge in [-0.1, -0.05) is 0 Å². The summed E-state index contributed by atoms with van der Waals surface area (Å²) in [7, 11) is 0. The molecule has 2 aromatic heterocycles. The number of hydrogen-bond acceptors (Lipinski definition) is 2. The molecule has 0 radical (unpaired) electrons. The van der Waals surface area contributed by atoms with Crippen molar-refractivity contribution in [2.24, 2.45) is 0 Å². The molecule has 208 valence electrons. The summed E-state index contributed by atoms with van der Waals surface area (Å²) < 4.78 is 0.835. The van der Waals surface area contributed by atoms with Crippen molar-refractivity contribution in [3.8, 4) is 0 Å². The van der Waals surface area contributed by atoms with E-state index in [1.54, 1.807) is 0 Å². The van der Waals surface area contributed by atoms with Crippen molar-refractivity contribution in [1.82, 2.24) is 9.97 Å². The van der Waals surface area contributed by atoms with Gasteiger partial charge in [0, 0.05) is 0 Å². The molecule has 2 heterocycles. The first kappa shape index (κ1) is 29.7. The zero-order valence-corrected chi connectivity index (χ0v) is 29.0. The molecule has 43 heavy (non-hydrogen) atoms. The first-order valence-electron chi connectivity index (χ1n) is 14.2. The molecule has 0 N–H and O–H groups in total. The summed E-state index contributed by atoms with van der Waals surface area (Å²) in [4.78, 5) is 9.91. The maximum absolute atomic E-state index is 4.96. The second-order valence-corrected chi connectivity index (χ2v) is 16.6. The molecule has 0 fully saturated rings. The molecule has 2 aliphatic carbocycles. The Morgan fingerprint density at radius 1 is 0.512 bits per heavy atom. The van der Waals surface area contributed by atoms with E-state index < -0.39 is 22.9 Å². The molecule has 2 atom stereocenters. The molecule has 0 spiro atoms. The average molecular weight is 762 g/mol. The molecule has 8 rings (SSSR count). The van der Waals surface area contributed by atoms with Crippen LogP contribution in [-0.4, -0.2) is 9.97 Å². The van der Waals surface area contributed by atoms with Gasteiger partial charge in [0.05, 0.1) is 0 Å². The summed E-state index contributed by atoms with van der Waals surface area (Å²) in [6, 6.07) is 35.9. The number of nitrogens with zero attached hydrogens (tertiary/aromatic N) is 2. The van der Waals surface area contributed by atoms with Crippen molar-refractivity contribution in [1.29, 1.82) is 0 Å². The fourth-order valence-electron chi connectivity index (χ4n) is 6.51. The average Bonchev–Trinajstić information content (AvgIpc) is 3.57. The third-order valence-electron chi connectivity index (χ3n) is 8.60. The van der Waals surface area contributed by atoms with Crippen molar-refractivity contribution in [2.45, 2.75) is 21.2 Å². The van der Waals surface area contributed by atoms with Crippen molar-refractivity contribution in [3.05, 3.63) is 154 Å². The van der Waals surface area contributed by atoms with E-state index in [1.807, 2.05) is 12.4 Å². The molecule has 0 saturated carbocycles. The number of aromatic nitrogens is 2. The minimum atomic E-state index is -1.51. The topological polar surface area (TPSA) is 25.8 Å². The molecule has 0 saturated heterocycles. The fraction of sp³-hybridized carbons (Fsp3) is 0.105. The maximum atomic E-state index is 4.96. The van der Waals surface area contributed by atoms with E-state index in [0.29, 0.717) is 7.35 Å². The van der Waals surface area contributed by atoms with Crippen LogP contribution in [0.5, 0.6) is 0 Å². The van der Waals surface area contributed by atoms with Gasteiger partial charge in [0.2, 0.25) is 0 Å². The Kier molecular flexibility index (Phi) is 8.26. The van der Waals surface area contributed by atoms with E-state index in [2.05, 4.69) is 123 Å². The number of aryl methyl sites for hydroxylation is 2. The van der Waals surface area contributed by atoms with Crippen LogP contribution < -0.4 is 24.8 Å². The van der Waals surface area contributed by atoms with E-state index in [1.165, 1.54) is 66.1 Å². The largest absolute Gasteiger partial charge is 1.00 e. The van der Waals surface area contributed by atoms with Crippen molar-refractivity contribution in [3.63, 3.8) is 0 Å². The Labute approximate surface area is 276 Å². The van der Waals surface area contributed by atoms with Crippen LogP contribution in [0.4, 0.5) is 0 Å². The number of benzene rings is 4. The maximum Gasteiger partial charge on any atom is -1.00 e. The van der Waals surface area contributed by atoms with E-state index >= 15 is 0 Å². The molecule has 0 aliphatic heterocycles. The standard InChI is InChI=1S/2C19H14N.2ClH.Hf/c2*1-13-6-9-19(20-12-13)16-10-15-8-7-14-4-2-3-5-17(14)18(15)11-16;;;/h2*2-12H,1H3;2*1H;/q;;;;+2/p-2. The molecule has 6 aromatic rings. The molecule has 2 nitrogen and oxygen atoms in total. The summed E-state index contributed by atoms with van der Waals surface area (Å²) in [6.45, 7) is 4.23. The Balaban J connectivity index is 0.00000165. The van der Waals surface area contributed by atoms with Crippen LogP contribution in [0.1, 0.15) is 52.1 Å². The first-order chi connectivity index (χ1) is 20.1. The first-order valence-corrected chi connectivity index (χ1v) is 18.4. The number of allylic oxidation sites excluding steroid dienone is 2. The van der Waals surface area contributed by atoms with Gasteiger partial charge in [0.1, 0.15) is 0 Å². The molecule has 2 unspecified atom stereocenters. The molecule has 0 bridgehead atoms. The molecular weight excluding hydrogens is 734 g/mol. The third kappa shape index (κ3) is 5.12. The second-order valence-electron chi connectivity index (χ2n) is 11.3. The van der Waals surface area contributed by atoms with Gasteiger partial charge in [0.15, 0.2) is 0 Å². The van der Waals surface area contributed by atoms with E-state index in [9.17, 15) is 0 Å². The number of fused-ring (bicyclic) bond motifs is 6. The molecule has 0 amide bonds. The van der Waals surface area contributed by atoms with Gasteiger partial charge in [-0.15, -0.1) is 0 Å². The normalized spacial score (nSPS) is 16.4. The van der Waals surface area contributed by atoms with Gasteiger partial charge < -0.3 is 24.8 Å². The van der Waals surface area contributed by atoms with Crippen molar-refractivity contribution in [2.75, 3.05) is 0 Å². The summed E-state index contributed by atoms with van der Waals surface area (Å²) in [5.41, 5.74) is 13.1. The Morgan fingerprint density at radius 3 is 1.37 bits per heavy atom. The Bertz CT molecular complexity index is 1900. The van der Waals surface area contributed by atoms with Crippen molar-refractivity contribution < 1.29 is 47.7 Å². The SMILES string of the molecule is Cc1ccc(C2=Cc3c(ccc4ccccc34)[CH]2[Hf+2][CH]2C(c3ccc(C)cn3)=Cc3c2ccc2ccccc32)nc1.[Cl-].[Cl-]. The number of rotatable bonds is 4. The number of pyridine rings is 2. The van der Waals surface area contributed by atoms with Gasteiger partial charge in [0.25, 0.3) is 0 Å². The summed E-state index contributed by atoms with van der Waals surface area (Å²) >= 11 is -1.51. The second kappa shape index (κ2) is 12.0. The molecule has 2 aliphatic rings. The van der Waals surface area contributed by atoms with Gasteiger partial charge in [-0.05, 0) is 0 Å². The summed E-state index contributed by atoms with van der Waals surface area (Å²) in [5.74, 6) is 0. The van der Waals surface area contributed by atoms with Crippen LogP contribution in [0.3, 0.4) is 0 Å². The quantitative estimate of drug-likeness (QED) is 0.258.